The molecule has 1 aliphatic carbocycles. The van der Waals surface area contributed by atoms with E-state index in [0.717, 1.165) is 30.0 Å². The molecule has 138 valence electrons. The number of aromatic nitrogens is 3. The Morgan fingerprint density at radius 2 is 2.04 bits per heavy atom. The van der Waals surface area contributed by atoms with Gasteiger partial charge in [0.15, 0.2) is 5.82 Å². The fraction of sp³-hybridized carbons (Fsp3) is 0.550. The van der Waals surface area contributed by atoms with Crippen molar-refractivity contribution in [2.24, 2.45) is 5.92 Å². The van der Waals surface area contributed by atoms with E-state index in [2.05, 4.69) is 20.1 Å². The van der Waals surface area contributed by atoms with Crippen LogP contribution in [0.5, 0.6) is 5.75 Å². The van der Waals surface area contributed by atoms with Crippen molar-refractivity contribution in [3.8, 4) is 5.75 Å². The first-order valence-electron chi connectivity index (χ1n) is 9.68. The van der Waals surface area contributed by atoms with Crippen molar-refractivity contribution in [3.63, 3.8) is 0 Å². The summed E-state index contributed by atoms with van der Waals surface area (Å²) in [5.41, 5.74) is 1.11. The predicted molar refractivity (Wildman–Crippen MR) is 97.7 cm³/mol. The molecule has 1 amide bonds. The monoisotopic (exact) mass is 354 g/mol. The van der Waals surface area contributed by atoms with Crippen molar-refractivity contribution in [1.29, 1.82) is 0 Å². The van der Waals surface area contributed by atoms with Gasteiger partial charge in [0.05, 0.1) is 13.2 Å². The van der Waals surface area contributed by atoms with Crippen LogP contribution in [0.3, 0.4) is 0 Å². The van der Waals surface area contributed by atoms with Gasteiger partial charge in [-0.3, -0.25) is 4.79 Å². The second kappa shape index (κ2) is 7.89. The van der Waals surface area contributed by atoms with E-state index in [0.29, 0.717) is 19.2 Å². The lowest BCUT2D eigenvalue weighted by atomic mass is 9.95. The van der Waals surface area contributed by atoms with Crippen LogP contribution in [0, 0.1) is 5.92 Å². The third-order valence-electron chi connectivity index (χ3n) is 5.57. The zero-order valence-electron chi connectivity index (χ0n) is 15.1. The molecule has 0 bridgehead atoms. The van der Waals surface area contributed by atoms with Crippen molar-refractivity contribution in [3.05, 3.63) is 42.0 Å². The van der Waals surface area contributed by atoms with E-state index in [1.165, 1.54) is 32.1 Å². The summed E-state index contributed by atoms with van der Waals surface area (Å²) in [6, 6.07) is 8.46. The summed E-state index contributed by atoms with van der Waals surface area (Å²) in [6.07, 6.45) is 9.45. The largest absolute Gasteiger partial charge is 0.493 e. The normalized spacial score (nSPS) is 20.7. The van der Waals surface area contributed by atoms with Gasteiger partial charge < -0.3 is 14.6 Å². The minimum Gasteiger partial charge on any atom is -0.493 e. The SMILES string of the molecule is O=C(NCc1nncn1C1CCCCC1)C1CCOc2ccccc2C1. The molecule has 4 rings (SSSR count). The molecule has 2 heterocycles. The Kier molecular flexibility index (Phi) is 5.18. The predicted octanol–water partition coefficient (Wildman–Crippen LogP) is 3.04. The third-order valence-corrected chi connectivity index (χ3v) is 5.57. The van der Waals surface area contributed by atoms with Crippen LogP contribution in [0.2, 0.25) is 0 Å². The van der Waals surface area contributed by atoms with E-state index in [1.54, 1.807) is 0 Å². The summed E-state index contributed by atoms with van der Waals surface area (Å²) in [4.78, 5) is 12.7. The third kappa shape index (κ3) is 3.74. The smallest absolute Gasteiger partial charge is 0.223 e. The summed E-state index contributed by atoms with van der Waals surface area (Å²) in [6.45, 7) is 1.02. The molecule has 1 atom stereocenters. The van der Waals surface area contributed by atoms with Crippen LogP contribution in [0.25, 0.3) is 0 Å². The Hall–Kier alpha value is -2.37. The zero-order valence-corrected chi connectivity index (χ0v) is 15.1. The number of fused-ring (bicyclic) bond motifs is 1. The molecule has 2 aliphatic rings. The van der Waals surface area contributed by atoms with Crippen LogP contribution in [0.15, 0.2) is 30.6 Å². The van der Waals surface area contributed by atoms with Gasteiger partial charge in [0.25, 0.3) is 0 Å². The summed E-state index contributed by atoms with van der Waals surface area (Å²) in [5.74, 6) is 1.77. The molecule has 2 aromatic rings. The summed E-state index contributed by atoms with van der Waals surface area (Å²) in [7, 11) is 0. The van der Waals surface area contributed by atoms with Crippen molar-refractivity contribution in [1.82, 2.24) is 20.1 Å². The average Bonchev–Trinajstić information content (AvgIpc) is 3.05. The maximum atomic E-state index is 12.7. The summed E-state index contributed by atoms with van der Waals surface area (Å²) >= 11 is 0. The van der Waals surface area contributed by atoms with E-state index in [1.807, 2.05) is 30.6 Å². The highest BCUT2D eigenvalue weighted by Gasteiger charge is 2.24. The van der Waals surface area contributed by atoms with Gasteiger partial charge in [-0.2, -0.15) is 0 Å². The first-order chi connectivity index (χ1) is 12.8. The molecule has 6 heteroatoms. The molecule has 1 unspecified atom stereocenters. The summed E-state index contributed by atoms with van der Waals surface area (Å²) < 4.78 is 7.93. The maximum Gasteiger partial charge on any atom is 0.223 e. The molecule has 1 saturated carbocycles. The number of nitrogens with zero attached hydrogens (tertiary/aromatic N) is 3. The topological polar surface area (TPSA) is 69.0 Å². The number of para-hydroxylation sites is 1. The summed E-state index contributed by atoms with van der Waals surface area (Å²) in [5, 5.41) is 11.4. The molecule has 0 saturated heterocycles. The number of amides is 1. The van der Waals surface area contributed by atoms with E-state index in [-0.39, 0.29) is 11.8 Å². The lowest BCUT2D eigenvalue weighted by molar-refractivity contribution is -0.125. The Morgan fingerprint density at radius 3 is 2.92 bits per heavy atom. The second-order valence-electron chi connectivity index (χ2n) is 7.31. The molecule has 1 aromatic carbocycles. The number of nitrogens with one attached hydrogen (secondary N) is 1. The van der Waals surface area contributed by atoms with Gasteiger partial charge in [0.2, 0.25) is 5.91 Å². The van der Waals surface area contributed by atoms with Gasteiger partial charge in [-0.15, -0.1) is 10.2 Å². The molecule has 26 heavy (non-hydrogen) atoms. The molecular formula is C20H26N4O2. The number of hydrogen-bond acceptors (Lipinski definition) is 4. The van der Waals surface area contributed by atoms with Crippen molar-refractivity contribution in [2.45, 2.75) is 57.5 Å². The Morgan fingerprint density at radius 1 is 1.19 bits per heavy atom. The number of benzene rings is 1. The number of carbonyl (C=O) groups is 1. The minimum atomic E-state index is -0.0651. The van der Waals surface area contributed by atoms with Crippen molar-refractivity contribution in [2.75, 3.05) is 6.61 Å². The minimum absolute atomic E-state index is 0.0651. The van der Waals surface area contributed by atoms with E-state index < -0.39 is 0 Å². The highest BCUT2D eigenvalue weighted by molar-refractivity contribution is 5.79. The van der Waals surface area contributed by atoms with E-state index in [4.69, 9.17) is 4.74 Å². The molecular weight excluding hydrogens is 328 g/mol. The zero-order chi connectivity index (χ0) is 17.8. The van der Waals surface area contributed by atoms with Crippen LogP contribution in [0.4, 0.5) is 0 Å². The van der Waals surface area contributed by atoms with Crippen LogP contribution < -0.4 is 10.1 Å². The van der Waals surface area contributed by atoms with Crippen LogP contribution in [-0.2, 0) is 17.8 Å². The molecule has 1 aromatic heterocycles. The number of ether oxygens (including phenoxy) is 1. The second-order valence-corrected chi connectivity index (χ2v) is 7.31. The fourth-order valence-electron chi connectivity index (χ4n) is 4.08. The Bertz CT molecular complexity index is 752. The van der Waals surface area contributed by atoms with Gasteiger partial charge >= 0.3 is 0 Å². The first-order valence-corrected chi connectivity index (χ1v) is 9.68. The lowest BCUT2D eigenvalue weighted by Gasteiger charge is -2.24. The first kappa shape index (κ1) is 17.1. The quantitative estimate of drug-likeness (QED) is 0.916. The lowest BCUT2D eigenvalue weighted by Crippen LogP contribution is -2.33. The number of hydrogen-bond donors (Lipinski definition) is 1. The van der Waals surface area contributed by atoms with Gasteiger partial charge in [0.1, 0.15) is 12.1 Å². The Balaban J connectivity index is 1.38. The average molecular weight is 354 g/mol. The fourth-order valence-corrected chi connectivity index (χ4v) is 4.08. The van der Waals surface area contributed by atoms with Gasteiger partial charge in [-0.1, -0.05) is 37.5 Å². The van der Waals surface area contributed by atoms with Crippen LogP contribution in [-0.4, -0.2) is 27.3 Å². The molecule has 0 radical (unpaired) electrons. The molecule has 1 N–H and O–H groups in total. The molecule has 6 nitrogen and oxygen atoms in total. The number of carbonyl (C=O) groups excluding carboxylic acids is 1. The van der Waals surface area contributed by atoms with Crippen LogP contribution >= 0.6 is 0 Å². The maximum absolute atomic E-state index is 12.7. The van der Waals surface area contributed by atoms with Crippen molar-refractivity contribution < 1.29 is 9.53 Å². The van der Waals surface area contributed by atoms with Crippen LogP contribution in [0.1, 0.15) is 56.0 Å². The highest BCUT2D eigenvalue weighted by Crippen LogP contribution is 2.29. The molecule has 1 aliphatic heterocycles. The Labute approximate surface area is 154 Å². The van der Waals surface area contributed by atoms with Gasteiger partial charge in [-0.05, 0) is 37.3 Å². The van der Waals surface area contributed by atoms with Gasteiger partial charge in [-0.25, -0.2) is 0 Å². The van der Waals surface area contributed by atoms with E-state index >= 15 is 0 Å². The van der Waals surface area contributed by atoms with Gasteiger partial charge in [0, 0.05) is 12.0 Å². The van der Waals surface area contributed by atoms with E-state index in [9.17, 15) is 4.79 Å². The highest BCUT2D eigenvalue weighted by atomic mass is 16.5. The molecule has 1 fully saturated rings. The standard InChI is InChI=1S/C20H26N4O2/c25-20(16-10-11-26-18-9-5-4-6-15(18)12-16)21-13-19-23-22-14-24(19)17-7-2-1-3-8-17/h4-6,9,14,16-17H,1-3,7-8,10-13H2,(H,21,25). The van der Waals surface area contributed by atoms with Crippen molar-refractivity contribution >= 4 is 5.91 Å². The molecule has 0 spiro atoms. The number of rotatable bonds is 4.